The average Bonchev–Trinajstić information content (AvgIpc) is 2.60. The summed E-state index contributed by atoms with van der Waals surface area (Å²) >= 11 is 3.48. The van der Waals surface area contributed by atoms with E-state index in [4.69, 9.17) is 5.73 Å². The Morgan fingerprint density at radius 3 is 2.47 bits per heavy atom. The summed E-state index contributed by atoms with van der Waals surface area (Å²) in [6.45, 7) is 6.55. The molecule has 0 amide bonds. The molecule has 5 heteroatoms. The van der Waals surface area contributed by atoms with Crippen LogP contribution < -0.4 is 11.3 Å². The number of halogens is 1. The molecule has 4 nitrogen and oxygen atoms in total. The van der Waals surface area contributed by atoms with Crippen LogP contribution in [-0.2, 0) is 12.0 Å². The third kappa shape index (κ3) is 2.76. The Kier molecular flexibility index (Phi) is 3.58. The first-order chi connectivity index (χ1) is 8.80. The van der Waals surface area contributed by atoms with Crippen molar-refractivity contribution in [2.24, 2.45) is 0 Å². The number of hydrogen-bond donors (Lipinski definition) is 2. The minimum Gasteiger partial charge on any atom is -0.393 e. The molecule has 102 valence electrons. The molecule has 19 heavy (non-hydrogen) atoms. The number of rotatable bonds is 2. The van der Waals surface area contributed by atoms with E-state index in [-0.39, 0.29) is 11.0 Å². The number of benzene rings is 1. The molecule has 0 aliphatic carbocycles. The molecular weight excluding hydrogens is 306 g/mol. The fourth-order valence-electron chi connectivity index (χ4n) is 1.98. The molecule has 0 atom stereocenters. The molecule has 3 N–H and O–H groups in total. The summed E-state index contributed by atoms with van der Waals surface area (Å²) in [5, 5.41) is 3.12. The SMILES string of the molecule is CC(C)(C)c1[nH]n(Cc2ccccc2Br)c(=O)c1N. The third-order valence-corrected chi connectivity index (χ3v) is 3.80. The van der Waals surface area contributed by atoms with Crippen molar-refractivity contribution in [3.05, 3.63) is 50.3 Å². The second kappa shape index (κ2) is 4.89. The Morgan fingerprint density at radius 1 is 1.32 bits per heavy atom. The minimum atomic E-state index is -0.178. The lowest BCUT2D eigenvalue weighted by Crippen LogP contribution is -2.19. The van der Waals surface area contributed by atoms with Gasteiger partial charge < -0.3 is 5.73 Å². The maximum Gasteiger partial charge on any atom is 0.290 e. The van der Waals surface area contributed by atoms with E-state index in [2.05, 4.69) is 21.0 Å². The Balaban J connectivity index is 2.43. The standard InChI is InChI=1S/C14H18BrN3O/c1-14(2,3)12-11(16)13(19)18(17-12)8-9-6-4-5-7-10(9)15/h4-7,17H,8,16H2,1-3H3. The van der Waals surface area contributed by atoms with Gasteiger partial charge in [-0.25, -0.2) is 4.68 Å². The van der Waals surface area contributed by atoms with E-state index in [1.54, 1.807) is 4.68 Å². The van der Waals surface area contributed by atoms with Crippen LogP contribution in [0.4, 0.5) is 5.69 Å². The lowest BCUT2D eigenvalue weighted by molar-refractivity contribution is 0.543. The summed E-state index contributed by atoms with van der Waals surface area (Å²) < 4.78 is 2.53. The monoisotopic (exact) mass is 323 g/mol. The van der Waals surface area contributed by atoms with Gasteiger partial charge in [0.25, 0.3) is 5.56 Å². The molecule has 1 aromatic heterocycles. The highest BCUT2D eigenvalue weighted by molar-refractivity contribution is 9.10. The quantitative estimate of drug-likeness (QED) is 0.892. The van der Waals surface area contributed by atoms with E-state index in [1.165, 1.54) is 0 Å². The van der Waals surface area contributed by atoms with Gasteiger partial charge in [0, 0.05) is 9.89 Å². The molecule has 0 unspecified atom stereocenters. The highest BCUT2D eigenvalue weighted by Gasteiger charge is 2.22. The lowest BCUT2D eigenvalue weighted by atomic mass is 9.91. The topological polar surface area (TPSA) is 63.8 Å². The van der Waals surface area contributed by atoms with Crippen LogP contribution in [0.2, 0.25) is 0 Å². The summed E-state index contributed by atoms with van der Waals surface area (Å²) in [4.78, 5) is 12.1. The number of nitrogens with two attached hydrogens (primary N) is 1. The molecular formula is C14H18BrN3O. The number of nitrogens with one attached hydrogen (secondary N) is 1. The van der Waals surface area contributed by atoms with Crippen molar-refractivity contribution in [2.45, 2.75) is 32.7 Å². The third-order valence-electron chi connectivity index (χ3n) is 3.03. The van der Waals surface area contributed by atoms with Crippen molar-refractivity contribution in [1.29, 1.82) is 0 Å². The summed E-state index contributed by atoms with van der Waals surface area (Å²) in [5.74, 6) is 0. The molecule has 0 spiro atoms. The first-order valence-corrected chi connectivity index (χ1v) is 6.92. The van der Waals surface area contributed by atoms with Crippen LogP contribution in [0.15, 0.2) is 33.5 Å². The van der Waals surface area contributed by atoms with Gasteiger partial charge in [-0.05, 0) is 11.6 Å². The second-order valence-corrected chi connectivity index (χ2v) is 6.49. The van der Waals surface area contributed by atoms with Crippen LogP contribution in [0, 0.1) is 0 Å². The summed E-state index contributed by atoms with van der Waals surface area (Å²) in [7, 11) is 0. The number of aromatic amines is 1. The van der Waals surface area contributed by atoms with Crippen molar-refractivity contribution >= 4 is 21.6 Å². The van der Waals surface area contributed by atoms with Gasteiger partial charge in [0.05, 0.1) is 12.2 Å². The number of nitrogens with zero attached hydrogens (tertiary/aromatic N) is 1. The molecule has 2 rings (SSSR count). The van der Waals surface area contributed by atoms with Crippen LogP contribution in [0.1, 0.15) is 32.0 Å². The zero-order chi connectivity index (χ0) is 14.2. The number of nitrogen functional groups attached to an aromatic ring is 1. The van der Waals surface area contributed by atoms with Crippen molar-refractivity contribution in [3.8, 4) is 0 Å². The highest BCUT2D eigenvalue weighted by atomic mass is 79.9. The molecule has 0 fully saturated rings. The van der Waals surface area contributed by atoms with Crippen LogP contribution in [0.3, 0.4) is 0 Å². The van der Waals surface area contributed by atoms with E-state index in [9.17, 15) is 4.79 Å². The molecule has 0 aliphatic heterocycles. The van der Waals surface area contributed by atoms with Gasteiger partial charge in [-0.1, -0.05) is 54.9 Å². The van der Waals surface area contributed by atoms with Crippen molar-refractivity contribution < 1.29 is 0 Å². The van der Waals surface area contributed by atoms with E-state index in [0.717, 1.165) is 15.7 Å². The first-order valence-electron chi connectivity index (χ1n) is 6.13. The van der Waals surface area contributed by atoms with Crippen molar-refractivity contribution in [2.75, 3.05) is 5.73 Å². The van der Waals surface area contributed by atoms with Crippen LogP contribution in [0.5, 0.6) is 0 Å². The number of H-pyrrole nitrogens is 1. The zero-order valence-corrected chi connectivity index (χ0v) is 12.9. The van der Waals surface area contributed by atoms with E-state index in [0.29, 0.717) is 12.2 Å². The van der Waals surface area contributed by atoms with Gasteiger partial charge in [0.2, 0.25) is 0 Å². The smallest absolute Gasteiger partial charge is 0.290 e. The Labute approximate surface area is 120 Å². The van der Waals surface area contributed by atoms with Gasteiger partial charge in [-0.15, -0.1) is 0 Å². The van der Waals surface area contributed by atoms with Gasteiger partial charge in [-0.2, -0.15) is 0 Å². The van der Waals surface area contributed by atoms with Gasteiger partial charge in [0.1, 0.15) is 5.69 Å². The maximum absolute atomic E-state index is 12.1. The predicted molar refractivity (Wildman–Crippen MR) is 81.4 cm³/mol. The summed E-state index contributed by atoms with van der Waals surface area (Å²) in [6.07, 6.45) is 0. The van der Waals surface area contributed by atoms with E-state index in [1.807, 2.05) is 45.0 Å². The minimum absolute atomic E-state index is 0.166. The molecule has 0 radical (unpaired) electrons. The average molecular weight is 324 g/mol. The van der Waals surface area contributed by atoms with Crippen LogP contribution in [-0.4, -0.2) is 9.78 Å². The molecule has 0 saturated heterocycles. The van der Waals surface area contributed by atoms with E-state index < -0.39 is 0 Å². The molecule has 1 aromatic carbocycles. The van der Waals surface area contributed by atoms with Gasteiger partial charge in [-0.3, -0.25) is 9.89 Å². The Hall–Kier alpha value is -1.49. The van der Waals surface area contributed by atoms with E-state index >= 15 is 0 Å². The second-order valence-electron chi connectivity index (χ2n) is 5.63. The first kappa shape index (κ1) is 13.9. The fourth-order valence-corrected chi connectivity index (χ4v) is 2.39. The molecule has 0 saturated carbocycles. The Morgan fingerprint density at radius 2 is 1.95 bits per heavy atom. The molecule has 2 aromatic rings. The molecule has 1 heterocycles. The largest absolute Gasteiger partial charge is 0.393 e. The van der Waals surface area contributed by atoms with Crippen molar-refractivity contribution in [1.82, 2.24) is 9.78 Å². The van der Waals surface area contributed by atoms with Gasteiger partial charge >= 0.3 is 0 Å². The summed E-state index contributed by atoms with van der Waals surface area (Å²) in [5.41, 5.74) is 7.68. The lowest BCUT2D eigenvalue weighted by Gasteiger charge is -2.16. The number of anilines is 1. The maximum atomic E-state index is 12.1. The zero-order valence-electron chi connectivity index (χ0n) is 11.3. The van der Waals surface area contributed by atoms with Crippen molar-refractivity contribution in [3.63, 3.8) is 0 Å². The van der Waals surface area contributed by atoms with Crippen LogP contribution >= 0.6 is 15.9 Å². The number of aromatic nitrogens is 2. The molecule has 0 aliphatic rings. The van der Waals surface area contributed by atoms with Crippen LogP contribution in [0.25, 0.3) is 0 Å². The van der Waals surface area contributed by atoms with Gasteiger partial charge in [0.15, 0.2) is 0 Å². The normalized spacial score (nSPS) is 11.8. The number of hydrogen-bond acceptors (Lipinski definition) is 2. The fraction of sp³-hybridized carbons (Fsp3) is 0.357. The Bertz CT molecular complexity index is 649. The predicted octanol–water partition coefficient (Wildman–Crippen LogP) is 2.87. The highest BCUT2D eigenvalue weighted by Crippen LogP contribution is 2.24. The molecule has 0 bridgehead atoms. The summed E-state index contributed by atoms with van der Waals surface area (Å²) in [6, 6.07) is 7.82.